The Morgan fingerprint density at radius 1 is 1.38 bits per heavy atom. The number of unbranched alkanes of at least 4 members (excludes halogenated alkanes) is 1. The maximum atomic E-state index is 12.0. The molecule has 136 valence electrons. The van der Waals surface area contributed by atoms with E-state index in [0.717, 1.165) is 25.0 Å². The molecule has 8 heteroatoms. The average molecular weight is 374 g/mol. The molecule has 26 heavy (non-hydrogen) atoms. The fraction of sp³-hybridized carbons (Fsp3) is 0.278. The number of nitrogens with zero attached hydrogens (tertiary/aromatic N) is 3. The van der Waals surface area contributed by atoms with Crippen molar-refractivity contribution in [2.24, 2.45) is 5.73 Å². The molecular weight excluding hydrogens is 354 g/mol. The van der Waals surface area contributed by atoms with Gasteiger partial charge in [0.2, 0.25) is 0 Å². The number of primary amides is 1. The van der Waals surface area contributed by atoms with Gasteiger partial charge in [-0.1, -0.05) is 24.9 Å². The lowest BCUT2D eigenvalue weighted by atomic mass is 10.1. The number of aryl methyl sites for hydroxylation is 1. The van der Waals surface area contributed by atoms with Gasteiger partial charge in [0.1, 0.15) is 22.6 Å². The van der Waals surface area contributed by atoms with Gasteiger partial charge >= 0.3 is 0 Å². The Balaban J connectivity index is 2.36. The zero-order valence-electron chi connectivity index (χ0n) is 14.6. The smallest absolute Gasteiger partial charge is 0.254 e. The van der Waals surface area contributed by atoms with Crippen molar-refractivity contribution in [1.82, 2.24) is 14.5 Å². The average Bonchev–Trinajstić information content (AvgIpc) is 2.88. The number of carbonyl (C=O) groups excluding carboxylic acids is 1. The van der Waals surface area contributed by atoms with Crippen LogP contribution < -0.4 is 11.5 Å². The van der Waals surface area contributed by atoms with Gasteiger partial charge in [0, 0.05) is 5.56 Å². The van der Waals surface area contributed by atoms with Crippen molar-refractivity contribution < 1.29 is 9.90 Å². The molecule has 3 rings (SSSR count). The van der Waals surface area contributed by atoms with Gasteiger partial charge in [-0.15, -0.1) is 0 Å². The van der Waals surface area contributed by atoms with Crippen LogP contribution in [-0.4, -0.2) is 25.5 Å². The van der Waals surface area contributed by atoms with Gasteiger partial charge in [-0.2, -0.15) is 0 Å². The summed E-state index contributed by atoms with van der Waals surface area (Å²) < 4.78 is 1.52. The maximum absolute atomic E-state index is 12.0. The summed E-state index contributed by atoms with van der Waals surface area (Å²) in [6, 6.07) is 3.05. The van der Waals surface area contributed by atoms with Crippen molar-refractivity contribution in [2.45, 2.75) is 33.1 Å². The maximum Gasteiger partial charge on any atom is 0.254 e. The van der Waals surface area contributed by atoms with Crippen LogP contribution >= 0.6 is 11.6 Å². The van der Waals surface area contributed by atoms with Gasteiger partial charge in [0.25, 0.3) is 5.91 Å². The lowest BCUT2D eigenvalue weighted by molar-refractivity contribution is 0.100. The number of hydrogen-bond acceptors (Lipinski definition) is 5. The minimum Gasteiger partial charge on any atom is -0.508 e. The van der Waals surface area contributed by atoms with E-state index >= 15 is 0 Å². The van der Waals surface area contributed by atoms with Gasteiger partial charge in [0.15, 0.2) is 5.65 Å². The molecule has 3 aromatic rings. The van der Waals surface area contributed by atoms with Crippen LogP contribution in [0, 0.1) is 6.92 Å². The van der Waals surface area contributed by atoms with E-state index in [2.05, 4.69) is 16.9 Å². The second-order valence-corrected chi connectivity index (χ2v) is 6.54. The highest BCUT2D eigenvalue weighted by Crippen LogP contribution is 2.36. The minimum absolute atomic E-state index is 0.0544. The summed E-state index contributed by atoms with van der Waals surface area (Å²) in [7, 11) is 0. The van der Waals surface area contributed by atoms with Crippen LogP contribution in [0.4, 0.5) is 5.82 Å². The predicted molar refractivity (Wildman–Crippen MR) is 102 cm³/mol. The van der Waals surface area contributed by atoms with E-state index in [9.17, 15) is 9.90 Å². The Hall–Kier alpha value is -2.80. The Bertz CT molecular complexity index is 1010. The fourth-order valence-electron chi connectivity index (χ4n) is 2.98. The second-order valence-electron chi connectivity index (χ2n) is 6.14. The van der Waals surface area contributed by atoms with Crippen molar-refractivity contribution in [2.75, 3.05) is 5.73 Å². The topological polar surface area (TPSA) is 120 Å². The molecule has 0 saturated carbocycles. The summed E-state index contributed by atoms with van der Waals surface area (Å²) in [5, 5.41) is 10.4. The zero-order chi connectivity index (χ0) is 19.0. The molecule has 0 saturated heterocycles. The molecular formula is C18H20ClN5O2. The molecule has 0 aliphatic rings. The fourth-order valence-corrected chi connectivity index (χ4v) is 3.27. The molecule has 2 aromatic heterocycles. The zero-order valence-corrected chi connectivity index (χ0v) is 15.3. The van der Waals surface area contributed by atoms with Crippen molar-refractivity contribution in [3.8, 4) is 11.4 Å². The van der Waals surface area contributed by atoms with Gasteiger partial charge in [0.05, 0.1) is 22.6 Å². The number of amides is 1. The van der Waals surface area contributed by atoms with E-state index in [1.165, 1.54) is 10.6 Å². The van der Waals surface area contributed by atoms with Crippen LogP contribution in [0.5, 0.6) is 5.75 Å². The van der Waals surface area contributed by atoms with Gasteiger partial charge in [-0.3, -0.25) is 9.36 Å². The Morgan fingerprint density at radius 2 is 2.12 bits per heavy atom. The van der Waals surface area contributed by atoms with Crippen molar-refractivity contribution in [3.05, 3.63) is 40.2 Å². The number of phenols is 1. The molecule has 0 aliphatic carbocycles. The summed E-state index contributed by atoms with van der Waals surface area (Å²) >= 11 is 6.35. The molecule has 0 atom stereocenters. The molecule has 0 spiro atoms. The van der Waals surface area contributed by atoms with Gasteiger partial charge in [-0.05, 0) is 31.9 Å². The van der Waals surface area contributed by atoms with Gasteiger partial charge in [-0.25, -0.2) is 9.97 Å². The largest absolute Gasteiger partial charge is 0.508 e. The van der Waals surface area contributed by atoms with Crippen LogP contribution in [0.3, 0.4) is 0 Å². The lowest BCUT2D eigenvalue weighted by Gasteiger charge is -2.14. The standard InChI is InChI=1S/C18H20ClN5O2/c1-3-4-5-10-8-22-18-14(23-10)13(17(21)26)16(20)24(18)15-9(2)12(25)7-6-11(15)19/h6-8,25H,3-5,20H2,1-2H3,(H2,21,26). The highest BCUT2D eigenvalue weighted by Gasteiger charge is 2.25. The Kier molecular flexibility index (Phi) is 4.73. The molecule has 5 N–H and O–H groups in total. The third-order valence-corrected chi connectivity index (χ3v) is 4.66. The van der Waals surface area contributed by atoms with Crippen LogP contribution in [0.1, 0.15) is 41.4 Å². The first-order valence-electron chi connectivity index (χ1n) is 8.30. The first-order chi connectivity index (χ1) is 12.4. The molecule has 0 fully saturated rings. The summed E-state index contributed by atoms with van der Waals surface area (Å²) in [6.07, 6.45) is 4.38. The third kappa shape index (κ3) is 2.84. The predicted octanol–water partition coefficient (Wildman–Crippen LogP) is 3.11. The molecule has 2 heterocycles. The third-order valence-electron chi connectivity index (χ3n) is 4.36. The number of carbonyl (C=O) groups is 1. The van der Waals surface area contributed by atoms with Crippen molar-refractivity contribution >= 4 is 34.5 Å². The highest BCUT2D eigenvalue weighted by molar-refractivity contribution is 6.32. The number of aromatic nitrogens is 3. The molecule has 1 aromatic carbocycles. The second kappa shape index (κ2) is 6.84. The van der Waals surface area contributed by atoms with E-state index in [1.807, 2.05) is 0 Å². The summed E-state index contributed by atoms with van der Waals surface area (Å²) in [4.78, 5) is 21.0. The minimum atomic E-state index is -0.692. The van der Waals surface area contributed by atoms with Crippen LogP contribution in [0.15, 0.2) is 18.3 Å². The number of rotatable bonds is 5. The summed E-state index contributed by atoms with van der Waals surface area (Å²) in [6.45, 7) is 3.79. The number of fused-ring (bicyclic) bond motifs is 1. The highest BCUT2D eigenvalue weighted by atomic mass is 35.5. The van der Waals surface area contributed by atoms with Crippen molar-refractivity contribution in [3.63, 3.8) is 0 Å². The SMILES string of the molecule is CCCCc1cnc2c(n1)c(C(N)=O)c(N)n2-c1c(Cl)ccc(O)c1C. The summed E-state index contributed by atoms with van der Waals surface area (Å²) in [5.41, 5.74) is 14.3. The first kappa shape index (κ1) is 18.0. The summed E-state index contributed by atoms with van der Waals surface area (Å²) in [5.74, 6) is -0.545. The number of anilines is 1. The monoisotopic (exact) mass is 373 g/mol. The molecule has 0 aliphatic heterocycles. The number of benzene rings is 1. The van der Waals surface area contributed by atoms with Gasteiger partial charge < -0.3 is 16.6 Å². The Morgan fingerprint density at radius 3 is 2.77 bits per heavy atom. The molecule has 7 nitrogen and oxygen atoms in total. The van der Waals surface area contributed by atoms with Crippen molar-refractivity contribution in [1.29, 1.82) is 0 Å². The lowest BCUT2D eigenvalue weighted by Crippen LogP contribution is -2.14. The number of nitrogen functional groups attached to an aromatic ring is 1. The quantitative estimate of drug-likeness (QED) is 0.634. The van der Waals surface area contributed by atoms with E-state index < -0.39 is 5.91 Å². The first-order valence-corrected chi connectivity index (χ1v) is 8.68. The van der Waals surface area contributed by atoms with E-state index in [4.69, 9.17) is 23.1 Å². The van der Waals surface area contributed by atoms with E-state index in [-0.39, 0.29) is 17.1 Å². The number of halogens is 1. The molecule has 0 bridgehead atoms. The number of nitrogens with two attached hydrogens (primary N) is 2. The number of phenolic OH excluding ortho intramolecular Hbond substituents is 1. The Labute approximate surface area is 155 Å². The number of aromatic hydroxyl groups is 1. The number of hydrogen-bond donors (Lipinski definition) is 3. The normalized spacial score (nSPS) is 11.2. The molecule has 0 unspecified atom stereocenters. The van der Waals surface area contributed by atoms with E-state index in [1.54, 1.807) is 19.2 Å². The molecule has 1 amide bonds. The molecule has 0 radical (unpaired) electrons. The van der Waals surface area contributed by atoms with E-state index in [0.29, 0.717) is 27.4 Å². The van der Waals surface area contributed by atoms with Crippen LogP contribution in [0.2, 0.25) is 5.02 Å². The van der Waals surface area contributed by atoms with Crippen LogP contribution in [0.25, 0.3) is 16.9 Å². The van der Waals surface area contributed by atoms with Crippen LogP contribution in [-0.2, 0) is 6.42 Å².